The van der Waals surface area contributed by atoms with Crippen molar-refractivity contribution in [3.8, 4) is 0 Å². The zero-order valence-electron chi connectivity index (χ0n) is 12.2. The van der Waals surface area contributed by atoms with Crippen LogP contribution in [0.5, 0.6) is 0 Å². The molecule has 21 heavy (non-hydrogen) atoms. The second kappa shape index (κ2) is 5.24. The Morgan fingerprint density at radius 1 is 1.14 bits per heavy atom. The lowest BCUT2D eigenvalue weighted by molar-refractivity contribution is -0.118. The van der Waals surface area contributed by atoms with Gasteiger partial charge in [-0.05, 0) is 48.6 Å². The highest BCUT2D eigenvalue weighted by Gasteiger charge is 2.51. The van der Waals surface area contributed by atoms with Gasteiger partial charge in [0.25, 0.3) is 0 Å². The summed E-state index contributed by atoms with van der Waals surface area (Å²) in [6, 6.07) is 15.6. The van der Waals surface area contributed by atoms with Crippen LogP contribution in [0.1, 0.15) is 30.9 Å². The van der Waals surface area contributed by atoms with Crippen molar-refractivity contribution in [2.24, 2.45) is 0 Å². The standard InChI is InChI=1S/C18H20N2O/c1-2-13-5-3-4-6-16(13)20-17(21)18(11-12-18)14-7-9-15(19)10-8-14/h3-10H,2,11-12,19H2,1H3,(H,20,21). The topological polar surface area (TPSA) is 55.1 Å². The molecule has 0 saturated heterocycles. The maximum absolute atomic E-state index is 12.7. The molecule has 3 nitrogen and oxygen atoms in total. The summed E-state index contributed by atoms with van der Waals surface area (Å²) in [6.45, 7) is 2.10. The summed E-state index contributed by atoms with van der Waals surface area (Å²) in [4.78, 5) is 12.7. The molecule has 0 aliphatic heterocycles. The fraction of sp³-hybridized carbons (Fsp3) is 0.278. The highest BCUT2D eigenvalue weighted by molar-refractivity contribution is 6.01. The molecule has 0 radical (unpaired) electrons. The van der Waals surface area contributed by atoms with Gasteiger partial charge >= 0.3 is 0 Å². The van der Waals surface area contributed by atoms with Crippen LogP contribution in [0, 0.1) is 0 Å². The van der Waals surface area contributed by atoms with E-state index in [1.165, 1.54) is 5.56 Å². The molecule has 3 heteroatoms. The van der Waals surface area contributed by atoms with Gasteiger partial charge in [0.15, 0.2) is 0 Å². The van der Waals surface area contributed by atoms with Gasteiger partial charge in [0.05, 0.1) is 5.41 Å². The molecule has 3 N–H and O–H groups in total. The Balaban J connectivity index is 1.83. The van der Waals surface area contributed by atoms with Crippen LogP contribution < -0.4 is 11.1 Å². The van der Waals surface area contributed by atoms with Crippen molar-refractivity contribution in [3.05, 3.63) is 59.7 Å². The van der Waals surface area contributed by atoms with Gasteiger partial charge in [-0.25, -0.2) is 0 Å². The zero-order chi connectivity index (χ0) is 14.9. The molecule has 0 unspecified atom stereocenters. The van der Waals surface area contributed by atoms with Crippen LogP contribution in [0.3, 0.4) is 0 Å². The van der Waals surface area contributed by atoms with E-state index in [2.05, 4.69) is 18.3 Å². The Labute approximate surface area is 125 Å². The average molecular weight is 280 g/mol. The Morgan fingerprint density at radius 3 is 2.43 bits per heavy atom. The summed E-state index contributed by atoms with van der Waals surface area (Å²) in [5.74, 6) is 0.0909. The van der Waals surface area contributed by atoms with E-state index in [0.717, 1.165) is 36.2 Å². The van der Waals surface area contributed by atoms with Crippen LogP contribution in [0.25, 0.3) is 0 Å². The molecule has 0 spiro atoms. The number of para-hydroxylation sites is 1. The molecule has 2 aromatic carbocycles. The monoisotopic (exact) mass is 280 g/mol. The number of hydrogen-bond donors (Lipinski definition) is 2. The van der Waals surface area contributed by atoms with Crippen molar-refractivity contribution < 1.29 is 4.79 Å². The number of carbonyl (C=O) groups is 1. The second-order valence-electron chi connectivity index (χ2n) is 5.67. The van der Waals surface area contributed by atoms with Crippen LogP contribution in [-0.2, 0) is 16.6 Å². The molecule has 108 valence electrons. The Bertz CT molecular complexity index is 657. The van der Waals surface area contributed by atoms with Gasteiger partial charge in [-0.15, -0.1) is 0 Å². The lowest BCUT2D eigenvalue weighted by Gasteiger charge is -2.17. The van der Waals surface area contributed by atoms with E-state index < -0.39 is 0 Å². The van der Waals surface area contributed by atoms with E-state index in [4.69, 9.17) is 5.73 Å². The molecular formula is C18H20N2O. The summed E-state index contributed by atoms with van der Waals surface area (Å²) < 4.78 is 0. The first-order chi connectivity index (χ1) is 10.2. The molecule has 3 rings (SSSR count). The van der Waals surface area contributed by atoms with Crippen LogP contribution in [-0.4, -0.2) is 5.91 Å². The number of nitrogens with two attached hydrogens (primary N) is 1. The van der Waals surface area contributed by atoms with E-state index in [0.29, 0.717) is 0 Å². The van der Waals surface area contributed by atoms with E-state index in [1.807, 2.05) is 42.5 Å². The minimum absolute atomic E-state index is 0.0909. The summed E-state index contributed by atoms with van der Waals surface area (Å²) in [6.07, 6.45) is 2.71. The predicted octanol–water partition coefficient (Wildman–Crippen LogP) is 3.50. The number of anilines is 2. The van der Waals surface area contributed by atoms with Crippen LogP contribution in [0.2, 0.25) is 0 Å². The predicted molar refractivity (Wildman–Crippen MR) is 86.2 cm³/mol. The normalized spacial score (nSPS) is 15.5. The van der Waals surface area contributed by atoms with Crippen molar-refractivity contribution in [1.29, 1.82) is 0 Å². The lowest BCUT2D eigenvalue weighted by atomic mass is 9.94. The number of nitrogens with one attached hydrogen (secondary N) is 1. The van der Waals surface area contributed by atoms with Gasteiger partial charge in [-0.3, -0.25) is 4.79 Å². The smallest absolute Gasteiger partial charge is 0.235 e. The number of hydrogen-bond acceptors (Lipinski definition) is 2. The van der Waals surface area contributed by atoms with Gasteiger partial charge in [-0.2, -0.15) is 0 Å². The van der Waals surface area contributed by atoms with Gasteiger partial charge in [0.1, 0.15) is 0 Å². The van der Waals surface area contributed by atoms with Gasteiger partial charge in [0, 0.05) is 11.4 Å². The molecule has 0 bridgehead atoms. The summed E-state index contributed by atoms with van der Waals surface area (Å²) in [7, 11) is 0. The maximum atomic E-state index is 12.7. The quantitative estimate of drug-likeness (QED) is 0.842. The van der Waals surface area contributed by atoms with Crippen LogP contribution in [0.15, 0.2) is 48.5 Å². The van der Waals surface area contributed by atoms with Crippen molar-refractivity contribution >= 4 is 17.3 Å². The first kappa shape index (κ1) is 13.7. The largest absolute Gasteiger partial charge is 0.399 e. The third-order valence-electron chi connectivity index (χ3n) is 4.29. The second-order valence-corrected chi connectivity index (χ2v) is 5.67. The van der Waals surface area contributed by atoms with E-state index >= 15 is 0 Å². The fourth-order valence-corrected chi connectivity index (χ4v) is 2.77. The molecule has 1 saturated carbocycles. The molecule has 0 heterocycles. The van der Waals surface area contributed by atoms with E-state index in [1.54, 1.807) is 0 Å². The molecule has 1 aliphatic carbocycles. The molecule has 0 aromatic heterocycles. The Kier molecular flexibility index (Phi) is 3.42. The summed E-state index contributed by atoms with van der Waals surface area (Å²) >= 11 is 0. The minimum Gasteiger partial charge on any atom is -0.399 e. The molecule has 2 aromatic rings. The third kappa shape index (κ3) is 2.51. The van der Waals surface area contributed by atoms with Crippen molar-refractivity contribution in [2.75, 3.05) is 11.1 Å². The zero-order valence-corrected chi connectivity index (χ0v) is 12.2. The van der Waals surface area contributed by atoms with Crippen molar-refractivity contribution in [2.45, 2.75) is 31.6 Å². The van der Waals surface area contributed by atoms with Crippen molar-refractivity contribution in [1.82, 2.24) is 0 Å². The lowest BCUT2D eigenvalue weighted by Crippen LogP contribution is -2.28. The van der Waals surface area contributed by atoms with Crippen LogP contribution >= 0.6 is 0 Å². The SMILES string of the molecule is CCc1ccccc1NC(=O)C1(c2ccc(N)cc2)CC1. The number of amides is 1. The Hall–Kier alpha value is -2.29. The number of nitrogen functional groups attached to an aromatic ring is 1. The highest BCUT2D eigenvalue weighted by Crippen LogP contribution is 2.49. The highest BCUT2D eigenvalue weighted by atomic mass is 16.2. The molecule has 1 fully saturated rings. The Morgan fingerprint density at radius 2 is 1.81 bits per heavy atom. The summed E-state index contributed by atoms with van der Waals surface area (Å²) in [5.41, 5.74) is 9.24. The van der Waals surface area contributed by atoms with Gasteiger partial charge < -0.3 is 11.1 Å². The summed E-state index contributed by atoms with van der Waals surface area (Å²) in [5, 5.41) is 3.11. The van der Waals surface area contributed by atoms with Crippen LogP contribution in [0.4, 0.5) is 11.4 Å². The molecular weight excluding hydrogens is 260 g/mol. The van der Waals surface area contributed by atoms with Gasteiger partial charge in [-0.1, -0.05) is 37.3 Å². The molecule has 1 aliphatic rings. The first-order valence-corrected chi connectivity index (χ1v) is 7.41. The minimum atomic E-state index is -0.367. The average Bonchev–Trinajstić information content (AvgIpc) is 3.30. The van der Waals surface area contributed by atoms with E-state index in [-0.39, 0.29) is 11.3 Å². The van der Waals surface area contributed by atoms with Crippen molar-refractivity contribution in [3.63, 3.8) is 0 Å². The maximum Gasteiger partial charge on any atom is 0.235 e. The molecule has 0 atom stereocenters. The number of carbonyl (C=O) groups excluding carboxylic acids is 1. The van der Waals surface area contributed by atoms with E-state index in [9.17, 15) is 4.79 Å². The first-order valence-electron chi connectivity index (χ1n) is 7.41. The number of rotatable bonds is 4. The fourth-order valence-electron chi connectivity index (χ4n) is 2.77. The third-order valence-corrected chi connectivity index (χ3v) is 4.29. The number of benzene rings is 2. The van der Waals surface area contributed by atoms with Gasteiger partial charge in [0.2, 0.25) is 5.91 Å². The molecule has 1 amide bonds. The number of aryl methyl sites for hydroxylation is 1.